The lowest BCUT2D eigenvalue weighted by Gasteiger charge is -2.48. The third-order valence-corrected chi connectivity index (χ3v) is 3.84. The summed E-state index contributed by atoms with van der Waals surface area (Å²) in [6.07, 6.45) is 5.03. The number of hydrogen-bond acceptors (Lipinski definition) is 3. The Balaban J connectivity index is 2.06. The van der Waals surface area contributed by atoms with Crippen LogP contribution in [0.3, 0.4) is 0 Å². The normalized spacial score (nSPS) is 42.0. The van der Waals surface area contributed by atoms with Crippen molar-refractivity contribution in [1.29, 1.82) is 0 Å². The summed E-state index contributed by atoms with van der Waals surface area (Å²) in [5.41, 5.74) is 0.0614. The van der Waals surface area contributed by atoms with Crippen molar-refractivity contribution in [1.82, 2.24) is 5.32 Å². The molecule has 1 aliphatic carbocycles. The SMILES string of the molecule is COCC1NCCOC12CCCC(C)C2. The molecule has 0 bridgehead atoms. The maximum absolute atomic E-state index is 6.10. The molecule has 0 radical (unpaired) electrons. The maximum atomic E-state index is 6.10. The highest BCUT2D eigenvalue weighted by Crippen LogP contribution is 2.38. The molecule has 0 aromatic heterocycles. The highest BCUT2D eigenvalue weighted by atomic mass is 16.5. The first-order chi connectivity index (χ1) is 7.27. The zero-order chi connectivity index (χ0) is 10.7. The molecule has 15 heavy (non-hydrogen) atoms. The van der Waals surface area contributed by atoms with Crippen LogP contribution in [0.1, 0.15) is 32.6 Å². The molecule has 0 aromatic rings. The fourth-order valence-electron chi connectivity index (χ4n) is 3.14. The van der Waals surface area contributed by atoms with Gasteiger partial charge < -0.3 is 14.8 Å². The molecule has 1 saturated carbocycles. The molecule has 1 saturated heterocycles. The number of ether oxygens (including phenoxy) is 2. The molecule has 3 nitrogen and oxygen atoms in total. The van der Waals surface area contributed by atoms with E-state index in [0.717, 1.165) is 25.7 Å². The Hall–Kier alpha value is -0.120. The van der Waals surface area contributed by atoms with E-state index in [9.17, 15) is 0 Å². The molecule has 2 rings (SSSR count). The minimum Gasteiger partial charge on any atom is -0.383 e. The lowest BCUT2D eigenvalue weighted by atomic mass is 9.74. The molecule has 1 N–H and O–H groups in total. The molecule has 2 aliphatic rings. The summed E-state index contributed by atoms with van der Waals surface area (Å²) >= 11 is 0. The van der Waals surface area contributed by atoms with Crippen molar-refractivity contribution in [3.8, 4) is 0 Å². The third kappa shape index (κ3) is 2.35. The Kier molecular flexibility index (Phi) is 3.65. The van der Waals surface area contributed by atoms with Gasteiger partial charge in [-0.15, -0.1) is 0 Å². The first kappa shape index (κ1) is 11.4. The molecule has 3 unspecified atom stereocenters. The quantitative estimate of drug-likeness (QED) is 0.755. The van der Waals surface area contributed by atoms with Crippen molar-refractivity contribution >= 4 is 0 Å². The van der Waals surface area contributed by atoms with Gasteiger partial charge in [0.2, 0.25) is 0 Å². The molecule has 3 atom stereocenters. The average Bonchev–Trinajstić information content (AvgIpc) is 2.22. The first-order valence-corrected chi connectivity index (χ1v) is 6.13. The Bertz CT molecular complexity index is 204. The van der Waals surface area contributed by atoms with Gasteiger partial charge in [0.05, 0.1) is 24.9 Å². The van der Waals surface area contributed by atoms with Crippen LogP contribution in [-0.4, -0.2) is 38.5 Å². The van der Waals surface area contributed by atoms with Gasteiger partial charge in [0, 0.05) is 13.7 Å². The minimum atomic E-state index is 0.0614. The number of morpholine rings is 1. The predicted octanol–water partition coefficient (Wildman–Crippen LogP) is 1.57. The van der Waals surface area contributed by atoms with E-state index in [1.165, 1.54) is 25.7 Å². The van der Waals surface area contributed by atoms with Crippen molar-refractivity contribution < 1.29 is 9.47 Å². The standard InChI is InChI=1S/C12H23NO2/c1-10-4-3-5-12(8-10)11(9-14-2)13-6-7-15-12/h10-11,13H,3-9H2,1-2H3. The second kappa shape index (κ2) is 4.81. The number of methoxy groups -OCH3 is 1. The summed E-state index contributed by atoms with van der Waals surface area (Å²) < 4.78 is 11.4. The van der Waals surface area contributed by atoms with Gasteiger partial charge in [0.25, 0.3) is 0 Å². The molecular weight excluding hydrogens is 190 g/mol. The van der Waals surface area contributed by atoms with Crippen molar-refractivity contribution in [3.05, 3.63) is 0 Å². The summed E-state index contributed by atoms with van der Waals surface area (Å²) in [7, 11) is 1.77. The van der Waals surface area contributed by atoms with Crippen LogP contribution in [0.2, 0.25) is 0 Å². The van der Waals surface area contributed by atoms with E-state index in [0.29, 0.717) is 6.04 Å². The number of nitrogens with one attached hydrogen (secondary N) is 1. The van der Waals surface area contributed by atoms with E-state index in [1.807, 2.05) is 0 Å². The van der Waals surface area contributed by atoms with Crippen LogP contribution in [0.25, 0.3) is 0 Å². The van der Waals surface area contributed by atoms with Gasteiger partial charge in [0.15, 0.2) is 0 Å². The zero-order valence-electron chi connectivity index (χ0n) is 9.92. The van der Waals surface area contributed by atoms with Gasteiger partial charge in [0.1, 0.15) is 0 Å². The first-order valence-electron chi connectivity index (χ1n) is 6.13. The summed E-state index contributed by atoms with van der Waals surface area (Å²) in [6, 6.07) is 0.388. The third-order valence-electron chi connectivity index (χ3n) is 3.84. The number of hydrogen-bond donors (Lipinski definition) is 1. The molecule has 1 aliphatic heterocycles. The maximum Gasteiger partial charge on any atom is 0.0860 e. The largest absolute Gasteiger partial charge is 0.383 e. The molecule has 0 aromatic carbocycles. The van der Waals surface area contributed by atoms with E-state index in [-0.39, 0.29) is 5.60 Å². The van der Waals surface area contributed by atoms with Crippen LogP contribution in [0.4, 0.5) is 0 Å². The molecular formula is C12H23NO2. The van der Waals surface area contributed by atoms with E-state index >= 15 is 0 Å². The Morgan fingerprint density at radius 1 is 1.53 bits per heavy atom. The van der Waals surface area contributed by atoms with Crippen molar-refractivity contribution in [3.63, 3.8) is 0 Å². The van der Waals surface area contributed by atoms with Crippen molar-refractivity contribution in [2.24, 2.45) is 5.92 Å². The van der Waals surface area contributed by atoms with Crippen LogP contribution in [0, 0.1) is 5.92 Å². The van der Waals surface area contributed by atoms with Gasteiger partial charge >= 0.3 is 0 Å². The van der Waals surface area contributed by atoms with Gasteiger partial charge in [-0.3, -0.25) is 0 Å². The van der Waals surface area contributed by atoms with Gasteiger partial charge in [-0.25, -0.2) is 0 Å². The highest BCUT2D eigenvalue weighted by Gasteiger charge is 2.44. The fraction of sp³-hybridized carbons (Fsp3) is 1.00. The summed E-state index contributed by atoms with van der Waals surface area (Å²) in [5, 5.41) is 3.55. The second-order valence-corrected chi connectivity index (χ2v) is 5.08. The monoisotopic (exact) mass is 213 g/mol. The molecule has 3 heteroatoms. The molecule has 1 heterocycles. The Labute approximate surface area is 92.5 Å². The number of rotatable bonds is 2. The minimum absolute atomic E-state index is 0.0614. The van der Waals surface area contributed by atoms with Crippen LogP contribution in [0.5, 0.6) is 0 Å². The summed E-state index contributed by atoms with van der Waals surface area (Å²) in [6.45, 7) is 4.92. The van der Waals surface area contributed by atoms with Crippen LogP contribution in [-0.2, 0) is 9.47 Å². The summed E-state index contributed by atoms with van der Waals surface area (Å²) in [5.74, 6) is 0.790. The van der Waals surface area contributed by atoms with Gasteiger partial charge in [-0.1, -0.05) is 19.8 Å². The predicted molar refractivity (Wildman–Crippen MR) is 60.0 cm³/mol. The average molecular weight is 213 g/mol. The smallest absolute Gasteiger partial charge is 0.0860 e. The molecule has 0 amide bonds. The Morgan fingerprint density at radius 3 is 3.13 bits per heavy atom. The lowest BCUT2D eigenvalue weighted by molar-refractivity contribution is -0.137. The molecule has 1 spiro atoms. The van der Waals surface area contributed by atoms with Crippen LogP contribution >= 0.6 is 0 Å². The van der Waals surface area contributed by atoms with Gasteiger partial charge in [-0.2, -0.15) is 0 Å². The fourth-order valence-corrected chi connectivity index (χ4v) is 3.14. The lowest BCUT2D eigenvalue weighted by Crippen LogP contribution is -2.61. The Morgan fingerprint density at radius 2 is 2.40 bits per heavy atom. The van der Waals surface area contributed by atoms with Crippen molar-refractivity contribution in [2.45, 2.75) is 44.2 Å². The van der Waals surface area contributed by atoms with Gasteiger partial charge in [-0.05, 0) is 18.8 Å². The highest BCUT2D eigenvalue weighted by molar-refractivity contribution is 4.99. The van der Waals surface area contributed by atoms with Crippen LogP contribution < -0.4 is 5.32 Å². The van der Waals surface area contributed by atoms with E-state index in [2.05, 4.69) is 12.2 Å². The van der Waals surface area contributed by atoms with Crippen LogP contribution in [0.15, 0.2) is 0 Å². The topological polar surface area (TPSA) is 30.5 Å². The van der Waals surface area contributed by atoms with E-state index in [1.54, 1.807) is 7.11 Å². The summed E-state index contributed by atoms with van der Waals surface area (Å²) in [4.78, 5) is 0. The van der Waals surface area contributed by atoms with Crippen molar-refractivity contribution in [2.75, 3.05) is 26.9 Å². The molecule has 2 fully saturated rings. The zero-order valence-corrected chi connectivity index (χ0v) is 9.92. The second-order valence-electron chi connectivity index (χ2n) is 5.08. The molecule has 88 valence electrons. The van der Waals surface area contributed by atoms with E-state index in [4.69, 9.17) is 9.47 Å². The van der Waals surface area contributed by atoms with E-state index < -0.39 is 0 Å².